The lowest BCUT2D eigenvalue weighted by molar-refractivity contribution is 0.198. The van der Waals surface area contributed by atoms with E-state index in [1.54, 1.807) is 0 Å². The van der Waals surface area contributed by atoms with Crippen LogP contribution in [-0.2, 0) is 6.54 Å². The second-order valence-corrected chi connectivity index (χ2v) is 7.24. The first kappa shape index (κ1) is 16.2. The van der Waals surface area contributed by atoms with Gasteiger partial charge >= 0.3 is 0 Å². The van der Waals surface area contributed by atoms with E-state index in [2.05, 4.69) is 48.1 Å². The van der Waals surface area contributed by atoms with Gasteiger partial charge in [-0.25, -0.2) is 4.98 Å². The van der Waals surface area contributed by atoms with E-state index in [4.69, 9.17) is 0 Å². The highest BCUT2D eigenvalue weighted by atomic mass is 16.3. The summed E-state index contributed by atoms with van der Waals surface area (Å²) in [6.07, 6.45) is 5.46. The summed E-state index contributed by atoms with van der Waals surface area (Å²) in [6.45, 7) is 9.79. The van der Waals surface area contributed by atoms with Crippen molar-refractivity contribution in [3.8, 4) is 0 Å². The van der Waals surface area contributed by atoms with Crippen LogP contribution in [0.4, 0.5) is 5.82 Å². The van der Waals surface area contributed by atoms with Crippen molar-refractivity contribution in [2.24, 2.45) is 5.41 Å². The van der Waals surface area contributed by atoms with E-state index >= 15 is 0 Å². The quantitative estimate of drug-likeness (QED) is 0.846. The van der Waals surface area contributed by atoms with Gasteiger partial charge in [0.2, 0.25) is 0 Å². The summed E-state index contributed by atoms with van der Waals surface area (Å²) in [4.78, 5) is 6.90. The van der Waals surface area contributed by atoms with Crippen LogP contribution in [0, 0.1) is 5.41 Å². The Labute approximate surface area is 128 Å². The molecule has 21 heavy (non-hydrogen) atoms. The van der Waals surface area contributed by atoms with Crippen molar-refractivity contribution in [2.75, 3.05) is 24.6 Å². The van der Waals surface area contributed by atoms with Gasteiger partial charge in [-0.15, -0.1) is 0 Å². The fourth-order valence-electron chi connectivity index (χ4n) is 2.86. The molecule has 1 aromatic rings. The second kappa shape index (κ2) is 7.23. The van der Waals surface area contributed by atoms with E-state index in [1.807, 2.05) is 6.20 Å². The highest BCUT2D eigenvalue weighted by Crippen LogP contribution is 2.21. The number of hydrogen-bond donors (Lipinski definition) is 2. The molecule has 2 heterocycles. The van der Waals surface area contributed by atoms with Crippen LogP contribution in [0.25, 0.3) is 0 Å². The van der Waals surface area contributed by atoms with Crippen molar-refractivity contribution in [1.82, 2.24) is 10.3 Å². The largest absolute Gasteiger partial charge is 0.395 e. The minimum absolute atomic E-state index is 0.142. The molecule has 0 saturated carbocycles. The molecule has 1 aliphatic heterocycles. The molecule has 0 amide bonds. The highest BCUT2D eigenvalue weighted by molar-refractivity contribution is 5.40. The van der Waals surface area contributed by atoms with Crippen LogP contribution >= 0.6 is 0 Å². The van der Waals surface area contributed by atoms with E-state index in [9.17, 15) is 5.11 Å². The molecule has 2 N–H and O–H groups in total. The second-order valence-electron chi connectivity index (χ2n) is 7.24. The Bertz CT molecular complexity index is 419. The summed E-state index contributed by atoms with van der Waals surface area (Å²) >= 11 is 0. The van der Waals surface area contributed by atoms with E-state index in [-0.39, 0.29) is 18.1 Å². The summed E-state index contributed by atoms with van der Waals surface area (Å²) in [5.41, 5.74) is 1.39. The lowest BCUT2D eigenvalue weighted by Crippen LogP contribution is -2.35. The first-order valence-electron chi connectivity index (χ1n) is 8.02. The zero-order valence-electron chi connectivity index (χ0n) is 13.6. The van der Waals surface area contributed by atoms with Gasteiger partial charge in [0, 0.05) is 31.9 Å². The molecule has 4 heteroatoms. The van der Waals surface area contributed by atoms with E-state index in [1.165, 1.54) is 18.4 Å². The zero-order chi connectivity index (χ0) is 15.3. The Morgan fingerprint density at radius 3 is 2.52 bits per heavy atom. The highest BCUT2D eigenvalue weighted by Gasteiger charge is 2.18. The average molecular weight is 291 g/mol. The van der Waals surface area contributed by atoms with Crippen LogP contribution in [0.1, 0.15) is 45.6 Å². The van der Waals surface area contributed by atoms with E-state index < -0.39 is 0 Å². The smallest absolute Gasteiger partial charge is 0.128 e. The molecular formula is C17H29N3O. The number of rotatable bonds is 6. The Kier molecular flexibility index (Phi) is 5.59. The minimum Gasteiger partial charge on any atom is -0.395 e. The molecule has 1 atom stereocenters. The van der Waals surface area contributed by atoms with Gasteiger partial charge in [0.05, 0.1) is 6.61 Å². The lowest BCUT2D eigenvalue weighted by Gasteiger charge is -2.25. The number of aliphatic hydroxyl groups is 1. The molecule has 1 aliphatic rings. The van der Waals surface area contributed by atoms with Crippen LogP contribution in [0.2, 0.25) is 0 Å². The maximum atomic E-state index is 9.47. The molecule has 1 unspecified atom stereocenters. The number of aliphatic hydroxyl groups excluding tert-OH is 1. The van der Waals surface area contributed by atoms with E-state index in [0.717, 1.165) is 31.9 Å². The number of nitrogens with zero attached hydrogens (tertiary/aromatic N) is 2. The third kappa shape index (κ3) is 5.29. The van der Waals surface area contributed by atoms with Crippen molar-refractivity contribution in [2.45, 2.75) is 52.6 Å². The van der Waals surface area contributed by atoms with Crippen molar-refractivity contribution in [3.05, 3.63) is 23.9 Å². The van der Waals surface area contributed by atoms with Gasteiger partial charge < -0.3 is 15.3 Å². The third-order valence-electron chi connectivity index (χ3n) is 3.91. The Morgan fingerprint density at radius 2 is 2.00 bits per heavy atom. The minimum atomic E-state index is 0.142. The van der Waals surface area contributed by atoms with Gasteiger partial charge in [-0.2, -0.15) is 0 Å². The monoisotopic (exact) mass is 291 g/mol. The Morgan fingerprint density at radius 1 is 1.29 bits per heavy atom. The molecule has 118 valence electrons. The first-order chi connectivity index (χ1) is 9.98. The Balaban J connectivity index is 1.85. The fourth-order valence-corrected chi connectivity index (χ4v) is 2.86. The number of anilines is 1. The predicted octanol–water partition coefficient (Wildman–Crippen LogP) is 2.57. The van der Waals surface area contributed by atoms with Gasteiger partial charge in [0.1, 0.15) is 5.82 Å². The fraction of sp³-hybridized carbons (Fsp3) is 0.706. The molecule has 0 radical (unpaired) electrons. The van der Waals surface area contributed by atoms with Crippen molar-refractivity contribution in [3.63, 3.8) is 0 Å². The van der Waals surface area contributed by atoms with Gasteiger partial charge in [-0.1, -0.05) is 26.8 Å². The summed E-state index contributed by atoms with van der Waals surface area (Å²) in [5.74, 6) is 1.09. The molecule has 4 nitrogen and oxygen atoms in total. The predicted molar refractivity (Wildman–Crippen MR) is 87.5 cm³/mol. The molecule has 1 fully saturated rings. The molecular weight excluding hydrogens is 262 g/mol. The van der Waals surface area contributed by atoms with Crippen molar-refractivity contribution >= 4 is 5.82 Å². The number of pyridine rings is 1. The molecule has 0 bridgehead atoms. The van der Waals surface area contributed by atoms with Crippen LogP contribution < -0.4 is 10.2 Å². The van der Waals surface area contributed by atoms with E-state index in [0.29, 0.717) is 0 Å². The van der Waals surface area contributed by atoms with Gasteiger partial charge in [-0.05, 0) is 36.3 Å². The van der Waals surface area contributed by atoms with Gasteiger partial charge in [-0.3, -0.25) is 0 Å². The van der Waals surface area contributed by atoms with Crippen molar-refractivity contribution in [1.29, 1.82) is 0 Å². The van der Waals surface area contributed by atoms with Crippen molar-refractivity contribution < 1.29 is 5.11 Å². The lowest BCUT2D eigenvalue weighted by atomic mass is 9.88. The average Bonchev–Trinajstić information content (AvgIpc) is 2.97. The van der Waals surface area contributed by atoms with Crippen LogP contribution in [-0.4, -0.2) is 35.8 Å². The maximum Gasteiger partial charge on any atom is 0.128 e. The molecule has 1 aromatic heterocycles. The van der Waals surface area contributed by atoms with Crippen LogP contribution in [0.3, 0.4) is 0 Å². The van der Waals surface area contributed by atoms with Gasteiger partial charge in [0.25, 0.3) is 0 Å². The van der Waals surface area contributed by atoms with Crippen LogP contribution in [0.15, 0.2) is 18.3 Å². The number of hydrogen-bond acceptors (Lipinski definition) is 4. The number of nitrogens with one attached hydrogen (secondary N) is 1. The molecule has 0 aliphatic carbocycles. The molecule has 0 aromatic carbocycles. The summed E-state index contributed by atoms with van der Waals surface area (Å²) in [7, 11) is 0. The standard InChI is InChI=1S/C17H29N3O/c1-17(2,3)10-15(13-21)18-11-14-6-7-16(19-12-14)20-8-4-5-9-20/h6-7,12,15,18,21H,4-5,8-11,13H2,1-3H3. The molecule has 0 spiro atoms. The summed E-state index contributed by atoms with van der Waals surface area (Å²) in [5, 5.41) is 12.9. The Hall–Kier alpha value is -1.13. The normalized spacial score (nSPS) is 17.2. The summed E-state index contributed by atoms with van der Waals surface area (Å²) < 4.78 is 0. The molecule has 1 saturated heterocycles. The number of aromatic nitrogens is 1. The maximum absolute atomic E-state index is 9.47. The first-order valence-corrected chi connectivity index (χ1v) is 8.02. The zero-order valence-corrected chi connectivity index (χ0v) is 13.6. The third-order valence-corrected chi connectivity index (χ3v) is 3.91. The van der Waals surface area contributed by atoms with Gasteiger partial charge in [0.15, 0.2) is 0 Å². The molecule has 2 rings (SSSR count). The summed E-state index contributed by atoms with van der Waals surface area (Å²) in [6, 6.07) is 4.39. The SMILES string of the molecule is CC(C)(C)CC(CO)NCc1ccc(N2CCCC2)nc1. The topological polar surface area (TPSA) is 48.4 Å². The van der Waals surface area contributed by atoms with Crippen LogP contribution in [0.5, 0.6) is 0 Å².